The molecule has 2 aromatic rings. The van der Waals surface area contributed by atoms with E-state index in [0.717, 1.165) is 22.1 Å². The van der Waals surface area contributed by atoms with Crippen LogP contribution in [0.3, 0.4) is 0 Å². The number of carbonyl (C=O) groups excluding carboxylic acids is 2. The average molecular weight is 389 g/mol. The summed E-state index contributed by atoms with van der Waals surface area (Å²) in [6.45, 7) is 0.645. The Bertz CT molecular complexity index is 774. The number of rotatable bonds is 5. The van der Waals surface area contributed by atoms with Gasteiger partial charge in [-0.3, -0.25) is 9.59 Å². The van der Waals surface area contributed by atoms with Gasteiger partial charge in [-0.1, -0.05) is 34.1 Å². The van der Waals surface area contributed by atoms with Crippen LogP contribution in [0.25, 0.3) is 0 Å². The summed E-state index contributed by atoms with van der Waals surface area (Å²) in [6, 6.07) is 13.0. The molecule has 1 aliphatic rings. The summed E-state index contributed by atoms with van der Waals surface area (Å²) in [7, 11) is 0. The molecule has 0 unspecified atom stereocenters. The summed E-state index contributed by atoms with van der Waals surface area (Å²) in [4.78, 5) is 25.1. The fourth-order valence-electron chi connectivity index (χ4n) is 2.74. The first-order valence-corrected chi connectivity index (χ1v) is 8.41. The van der Waals surface area contributed by atoms with Crippen molar-refractivity contribution in [1.29, 1.82) is 0 Å². The van der Waals surface area contributed by atoms with E-state index in [1.165, 1.54) is 5.56 Å². The van der Waals surface area contributed by atoms with Crippen molar-refractivity contribution >= 4 is 33.4 Å². The lowest BCUT2D eigenvalue weighted by Crippen LogP contribution is -2.33. The summed E-state index contributed by atoms with van der Waals surface area (Å²) in [5.41, 5.74) is 8.08. The normalized spacial score (nSPS) is 12.8. The van der Waals surface area contributed by atoms with E-state index in [0.29, 0.717) is 12.3 Å². The van der Waals surface area contributed by atoms with Crippen LogP contribution in [0, 0.1) is 0 Å². The number of ether oxygens (including phenoxy) is 1. The number of benzene rings is 2. The van der Waals surface area contributed by atoms with Gasteiger partial charge in [0.05, 0.1) is 6.42 Å². The first-order chi connectivity index (χ1) is 11.5. The van der Waals surface area contributed by atoms with Crippen molar-refractivity contribution in [2.24, 2.45) is 5.73 Å². The molecule has 3 rings (SSSR count). The number of nitrogens with zero attached hydrogens (tertiary/aromatic N) is 1. The molecule has 0 aliphatic carbocycles. The number of nitrogens with two attached hydrogens (primary N) is 1. The molecule has 0 bridgehead atoms. The van der Waals surface area contributed by atoms with Gasteiger partial charge in [-0.05, 0) is 41.8 Å². The minimum absolute atomic E-state index is 0.0267. The lowest BCUT2D eigenvalue weighted by molar-refractivity contribution is -0.120. The molecule has 24 heavy (non-hydrogen) atoms. The lowest BCUT2D eigenvalue weighted by Gasteiger charge is -2.18. The molecule has 2 aromatic carbocycles. The highest BCUT2D eigenvalue weighted by Crippen LogP contribution is 2.31. The fraction of sp³-hybridized carbons (Fsp3) is 0.222. The third-order valence-corrected chi connectivity index (χ3v) is 4.40. The minimum Gasteiger partial charge on any atom is -0.484 e. The van der Waals surface area contributed by atoms with Crippen LogP contribution in [0.4, 0.5) is 5.69 Å². The van der Waals surface area contributed by atoms with Crippen molar-refractivity contribution in [3.05, 3.63) is 58.1 Å². The SMILES string of the molecule is NC(=O)Cc1ccc(OCC(=O)N2CCc3ccc(Br)cc32)cc1. The average Bonchev–Trinajstić information content (AvgIpc) is 2.96. The Hall–Kier alpha value is -2.34. The van der Waals surface area contributed by atoms with Crippen LogP contribution in [-0.2, 0) is 22.4 Å². The molecule has 124 valence electrons. The van der Waals surface area contributed by atoms with Crippen LogP contribution < -0.4 is 15.4 Å². The molecule has 5 nitrogen and oxygen atoms in total. The molecule has 1 heterocycles. The van der Waals surface area contributed by atoms with E-state index in [9.17, 15) is 9.59 Å². The molecule has 0 spiro atoms. The Morgan fingerprint density at radius 3 is 2.62 bits per heavy atom. The molecule has 2 N–H and O–H groups in total. The van der Waals surface area contributed by atoms with Gasteiger partial charge in [0.2, 0.25) is 5.91 Å². The summed E-state index contributed by atoms with van der Waals surface area (Å²) in [6.07, 6.45) is 1.05. The predicted molar refractivity (Wildman–Crippen MR) is 95.0 cm³/mol. The van der Waals surface area contributed by atoms with Gasteiger partial charge < -0.3 is 15.4 Å². The number of hydrogen-bond donors (Lipinski definition) is 1. The molecular weight excluding hydrogens is 372 g/mol. The van der Waals surface area contributed by atoms with Gasteiger partial charge >= 0.3 is 0 Å². The lowest BCUT2D eigenvalue weighted by atomic mass is 10.1. The molecule has 1 aliphatic heterocycles. The fourth-order valence-corrected chi connectivity index (χ4v) is 3.09. The maximum Gasteiger partial charge on any atom is 0.264 e. The Labute approximate surface area is 148 Å². The van der Waals surface area contributed by atoms with E-state index in [1.807, 2.05) is 18.2 Å². The standard InChI is InChI=1S/C18H17BrN2O3/c19-14-4-3-13-7-8-21(16(13)10-14)18(23)11-24-15-5-1-12(2-6-15)9-17(20)22/h1-6,10H,7-9,11H2,(H2,20,22). The van der Waals surface area contributed by atoms with Crippen LogP contribution in [0.2, 0.25) is 0 Å². The quantitative estimate of drug-likeness (QED) is 0.854. The molecule has 0 aromatic heterocycles. The Morgan fingerprint density at radius 1 is 1.17 bits per heavy atom. The van der Waals surface area contributed by atoms with Gasteiger partial charge in [0, 0.05) is 16.7 Å². The largest absolute Gasteiger partial charge is 0.484 e. The van der Waals surface area contributed by atoms with Crippen LogP contribution in [0.15, 0.2) is 46.9 Å². The first-order valence-electron chi connectivity index (χ1n) is 7.62. The predicted octanol–water partition coefficient (Wildman–Crippen LogP) is 2.45. The zero-order valence-electron chi connectivity index (χ0n) is 13.0. The smallest absolute Gasteiger partial charge is 0.264 e. The van der Waals surface area contributed by atoms with Crippen molar-refractivity contribution in [2.45, 2.75) is 12.8 Å². The number of fused-ring (bicyclic) bond motifs is 1. The van der Waals surface area contributed by atoms with E-state index in [4.69, 9.17) is 10.5 Å². The van der Waals surface area contributed by atoms with E-state index >= 15 is 0 Å². The molecule has 0 atom stereocenters. The number of halogens is 1. The molecular formula is C18H17BrN2O3. The Balaban J connectivity index is 1.61. The number of amides is 2. The van der Waals surface area contributed by atoms with E-state index in [2.05, 4.69) is 15.9 Å². The summed E-state index contributed by atoms with van der Waals surface area (Å²) in [5, 5.41) is 0. The van der Waals surface area contributed by atoms with Crippen molar-refractivity contribution < 1.29 is 14.3 Å². The zero-order chi connectivity index (χ0) is 17.1. The van der Waals surface area contributed by atoms with Gasteiger partial charge in [-0.15, -0.1) is 0 Å². The first kappa shape index (κ1) is 16.5. The number of carbonyl (C=O) groups is 2. The van der Waals surface area contributed by atoms with Gasteiger partial charge in [0.1, 0.15) is 5.75 Å². The number of hydrogen-bond acceptors (Lipinski definition) is 3. The maximum absolute atomic E-state index is 12.4. The molecule has 0 fully saturated rings. The van der Waals surface area contributed by atoms with Gasteiger partial charge in [-0.2, -0.15) is 0 Å². The molecule has 0 saturated heterocycles. The second kappa shape index (κ2) is 7.05. The maximum atomic E-state index is 12.4. The molecule has 0 saturated carbocycles. The van der Waals surface area contributed by atoms with E-state index < -0.39 is 0 Å². The van der Waals surface area contributed by atoms with Crippen LogP contribution in [0.5, 0.6) is 5.75 Å². The molecule has 6 heteroatoms. The second-order valence-corrected chi connectivity index (χ2v) is 6.56. The molecule has 2 amide bonds. The van der Waals surface area contributed by atoms with Crippen molar-refractivity contribution in [3.63, 3.8) is 0 Å². The molecule has 0 radical (unpaired) electrons. The van der Waals surface area contributed by atoms with Crippen molar-refractivity contribution in [3.8, 4) is 5.75 Å². The van der Waals surface area contributed by atoms with Crippen LogP contribution in [0.1, 0.15) is 11.1 Å². The highest BCUT2D eigenvalue weighted by Gasteiger charge is 2.24. The number of primary amides is 1. The van der Waals surface area contributed by atoms with Gasteiger partial charge in [0.25, 0.3) is 5.91 Å². The highest BCUT2D eigenvalue weighted by atomic mass is 79.9. The third kappa shape index (κ3) is 3.76. The van der Waals surface area contributed by atoms with E-state index in [-0.39, 0.29) is 24.8 Å². The van der Waals surface area contributed by atoms with Gasteiger partial charge in [-0.25, -0.2) is 0 Å². The minimum atomic E-state index is -0.377. The topological polar surface area (TPSA) is 72.6 Å². The summed E-state index contributed by atoms with van der Waals surface area (Å²) < 4.78 is 6.52. The van der Waals surface area contributed by atoms with Crippen molar-refractivity contribution in [2.75, 3.05) is 18.1 Å². The Kier molecular flexibility index (Phi) is 4.85. The second-order valence-electron chi connectivity index (χ2n) is 5.64. The van der Waals surface area contributed by atoms with E-state index in [1.54, 1.807) is 29.2 Å². The Morgan fingerprint density at radius 2 is 1.92 bits per heavy atom. The monoisotopic (exact) mass is 388 g/mol. The zero-order valence-corrected chi connectivity index (χ0v) is 14.6. The van der Waals surface area contributed by atoms with Crippen LogP contribution >= 0.6 is 15.9 Å². The summed E-state index contributed by atoms with van der Waals surface area (Å²) in [5.74, 6) is 0.135. The van der Waals surface area contributed by atoms with Crippen LogP contribution in [-0.4, -0.2) is 25.0 Å². The van der Waals surface area contributed by atoms with Crippen molar-refractivity contribution in [1.82, 2.24) is 0 Å². The third-order valence-electron chi connectivity index (χ3n) is 3.91. The highest BCUT2D eigenvalue weighted by molar-refractivity contribution is 9.10. The van der Waals surface area contributed by atoms with Gasteiger partial charge in [0.15, 0.2) is 6.61 Å². The summed E-state index contributed by atoms with van der Waals surface area (Å²) >= 11 is 3.44. The number of anilines is 1.